The largest absolute Gasteiger partial charge is 0.471 e. The lowest BCUT2D eigenvalue weighted by Crippen LogP contribution is -2.51. The predicted molar refractivity (Wildman–Crippen MR) is 81.8 cm³/mol. The number of ether oxygens (including phenoxy) is 1. The van der Waals surface area contributed by atoms with Crippen molar-refractivity contribution in [3.8, 4) is 5.88 Å². The van der Waals surface area contributed by atoms with Crippen LogP contribution in [-0.2, 0) is 0 Å². The summed E-state index contributed by atoms with van der Waals surface area (Å²) in [5.41, 5.74) is 0.866. The van der Waals surface area contributed by atoms with E-state index in [1.165, 1.54) is 0 Å². The van der Waals surface area contributed by atoms with Gasteiger partial charge in [0.2, 0.25) is 5.88 Å². The third kappa shape index (κ3) is 3.47. The second-order valence-corrected chi connectivity index (χ2v) is 6.06. The van der Waals surface area contributed by atoms with E-state index in [2.05, 4.69) is 22.1 Å². The summed E-state index contributed by atoms with van der Waals surface area (Å²) in [6, 6.07) is 3.84. The number of nitrogens with zero attached hydrogens (tertiary/aromatic N) is 5. The number of aromatic nitrogens is 2. The molecule has 120 valence electrons. The molecule has 0 N–H and O–H groups in total. The van der Waals surface area contributed by atoms with Crippen LogP contribution in [0.3, 0.4) is 0 Å². The maximum absolute atomic E-state index is 12.5. The third-order valence-corrected chi connectivity index (χ3v) is 4.25. The molecule has 2 aliphatic rings. The van der Waals surface area contributed by atoms with Crippen LogP contribution in [0.2, 0.25) is 0 Å². The fraction of sp³-hybridized carbons (Fsp3) is 0.667. The number of amides is 2. The van der Waals surface area contributed by atoms with Crippen LogP contribution in [0.4, 0.5) is 4.79 Å². The molecule has 7 heteroatoms. The Hall–Kier alpha value is -1.89. The van der Waals surface area contributed by atoms with Gasteiger partial charge in [-0.05, 0) is 20.0 Å². The van der Waals surface area contributed by atoms with Crippen molar-refractivity contribution in [1.82, 2.24) is 24.9 Å². The first-order chi connectivity index (χ1) is 10.6. The predicted octanol–water partition coefficient (Wildman–Crippen LogP) is 0.606. The molecule has 0 radical (unpaired) electrons. The van der Waals surface area contributed by atoms with E-state index in [4.69, 9.17) is 4.74 Å². The summed E-state index contributed by atoms with van der Waals surface area (Å²) in [5.74, 6) is 0.532. The molecule has 1 atom stereocenters. The first kappa shape index (κ1) is 15.0. The quantitative estimate of drug-likeness (QED) is 0.801. The highest BCUT2D eigenvalue weighted by Gasteiger charge is 2.31. The Morgan fingerprint density at radius 1 is 1.14 bits per heavy atom. The lowest BCUT2D eigenvalue weighted by Gasteiger charge is -2.34. The zero-order valence-electron chi connectivity index (χ0n) is 13.2. The number of hydrogen-bond acceptors (Lipinski definition) is 5. The topological polar surface area (TPSA) is 61.8 Å². The van der Waals surface area contributed by atoms with Gasteiger partial charge in [-0.3, -0.25) is 0 Å². The molecule has 22 heavy (non-hydrogen) atoms. The van der Waals surface area contributed by atoms with Crippen molar-refractivity contribution in [3.63, 3.8) is 0 Å². The second-order valence-electron chi connectivity index (χ2n) is 6.06. The highest BCUT2D eigenvalue weighted by molar-refractivity contribution is 5.75. The molecule has 3 rings (SSSR count). The van der Waals surface area contributed by atoms with Gasteiger partial charge in [0.05, 0.1) is 12.2 Å². The minimum Gasteiger partial charge on any atom is -0.471 e. The van der Waals surface area contributed by atoms with Crippen molar-refractivity contribution in [1.29, 1.82) is 0 Å². The Bertz CT molecular complexity index is 513. The molecule has 0 spiro atoms. The molecule has 7 nitrogen and oxygen atoms in total. The number of carbonyl (C=O) groups excluding carboxylic acids is 1. The molecular formula is C15H23N5O2. The van der Waals surface area contributed by atoms with Gasteiger partial charge >= 0.3 is 6.03 Å². The maximum Gasteiger partial charge on any atom is 0.320 e. The molecular weight excluding hydrogens is 282 g/mol. The highest BCUT2D eigenvalue weighted by Crippen LogP contribution is 2.18. The molecule has 0 bridgehead atoms. The van der Waals surface area contributed by atoms with Gasteiger partial charge in [-0.15, -0.1) is 5.10 Å². The molecule has 1 aromatic rings. The van der Waals surface area contributed by atoms with Crippen LogP contribution in [0, 0.1) is 6.92 Å². The summed E-state index contributed by atoms with van der Waals surface area (Å²) < 4.78 is 5.82. The van der Waals surface area contributed by atoms with E-state index in [0.717, 1.165) is 44.8 Å². The Morgan fingerprint density at radius 3 is 2.59 bits per heavy atom. The van der Waals surface area contributed by atoms with Crippen molar-refractivity contribution in [2.75, 3.05) is 46.3 Å². The average Bonchev–Trinajstić information content (AvgIpc) is 2.98. The van der Waals surface area contributed by atoms with E-state index in [1.807, 2.05) is 28.9 Å². The number of rotatable bonds is 2. The Labute approximate surface area is 130 Å². The molecule has 0 unspecified atom stereocenters. The molecule has 0 saturated carbocycles. The first-order valence-electron chi connectivity index (χ1n) is 7.81. The van der Waals surface area contributed by atoms with Crippen molar-refractivity contribution < 1.29 is 9.53 Å². The molecule has 2 aliphatic heterocycles. The molecule has 2 saturated heterocycles. The van der Waals surface area contributed by atoms with Gasteiger partial charge < -0.3 is 19.4 Å². The Kier molecular flexibility index (Phi) is 4.42. The minimum atomic E-state index is 0.00780. The number of likely N-dealkylation sites (tertiary alicyclic amines) is 1. The molecule has 2 amide bonds. The lowest BCUT2D eigenvalue weighted by molar-refractivity contribution is 0.123. The minimum absolute atomic E-state index is 0.00780. The lowest BCUT2D eigenvalue weighted by atomic mass is 10.3. The van der Waals surface area contributed by atoms with E-state index in [-0.39, 0.29) is 12.1 Å². The van der Waals surface area contributed by atoms with Crippen LogP contribution < -0.4 is 4.74 Å². The summed E-state index contributed by atoms with van der Waals surface area (Å²) >= 11 is 0. The number of hydrogen-bond donors (Lipinski definition) is 0. The third-order valence-electron chi connectivity index (χ3n) is 4.25. The number of likely N-dealkylation sites (N-methyl/N-ethyl adjacent to an activating group) is 1. The summed E-state index contributed by atoms with van der Waals surface area (Å²) in [6.07, 6.45) is 0.850. The Balaban J connectivity index is 1.51. The molecule has 3 heterocycles. The van der Waals surface area contributed by atoms with Crippen LogP contribution in [-0.4, -0.2) is 83.3 Å². The second kappa shape index (κ2) is 6.48. The van der Waals surface area contributed by atoms with E-state index in [9.17, 15) is 4.79 Å². The van der Waals surface area contributed by atoms with Crippen LogP contribution in [0.15, 0.2) is 12.1 Å². The van der Waals surface area contributed by atoms with E-state index in [0.29, 0.717) is 12.4 Å². The van der Waals surface area contributed by atoms with Gasteiger partial charge in [0.25, 0.3) is 0 Å². The normalized spacial score (nSPS) is 22.9. The fourth-order valence-electron chi connectivity index (χ4n) is 2.82. The van der Waals surface area contributed by atoms with Gasteiger partial charge in [-0.2, -0.15) is 5.10 Å². The van der Waals surface area contributed by atoms with Crippen LogP contribution in [0.5, 0.6) is 5.88 Å². The van der Waals surface area contributed by atoms with E-state index in [1.54, 1.807) is 0 Å². The smallest absolute Gasteiger partial charge is 0.320 e. The molecule has 0 aromatic carbocycles. The molecule has 0 aliphatic carbocycles. The van der Waals surface area contributed by atoms with Gasteiger partial charge in [-0.1, -0.05) is 0 Å². The van der Waals surface area contributed by atoms with E-state index < -0.39 is 0 Å². The zero-order valence-corrected chi connectivity index (χ0v) is 13.2. The Morgan fingerprint density at radius 2 is 1.91 bits per heavy atom. The SMILES string of the molecule is Cc1ccc(O[C@H]2CCN(C(=O)N3CCN(C)CC3)C2)nn1. The standard InChI is InChI=1S/C15H23N5O2/c1-12-3-4-14(17-16-12)22-13-5-6-20(11-13)15(21)19-9-7-18(2)8-10-19/h3-4,13H,5-11H2,1-2H3/t13-/m0/s1. The number of carbonyl (C=O) groups is 1. The summed E-state index contributed by atoms with van der Waals surface area (Å²) in [4.78, 5) is 18.6. The van der Waals surface area contributed by atoms with Gasteiger partial charge in [0.15, 0.2) is 0 Å². The summed E-state index contributed by atoms with van der Waals surface area (Å²) in [5, 5.41) is 8.01. The first-order valence-corrected chi connectivity index (χ1v) is 7.81. The fourth-order valence-corrected chi connectivity index (χ4v) is 2.82. The molecule has 2 fully saturated rings. The summed E-state index contributed by atoms with van der Waals surface area (Å²) in [7, 11) is 2.09. The van der Waals surface area contributed by atoms with Crippen LogP contribution in [0.1, 0.15) is 12.1 Å². The summed E-state index contributed by atoms with van der Waals surface area (Å²) in [6.45, 7) is 6.76. The molecule has 1 aromatic heterocycles. The number of piperazine rings is 1. The number of urea groups is 1. The van der Waals surface area contributed by atoms with Crippen molar-refractivity contribution in [3.05, 3.63) is 17.8 Å². The number of aryl methyl sites for hydroxylation is 1. The van der Waals surface area contributed by atoms with Gasteiger partial charge in [0, 0.05) is 45.2 Å². The van der Waals surface area contributed by atoms with Crippen LogP contribution in [0.25, 0.3) is 0 Å². The van der Waals surface area contributed by atoms with E-state index >= 15 is 0 Å². The average molecular weight is 305 g/mol. The highest BCUT2D eigenvalue weighted by atomic mass is 16.5. The van der Waals surface area contributed by atoms with Crippen molar-refractivity contribution >= 4 is 6.03 Å². The maximum atomic E-state index is 12.5. The van der Waals surface area contributed by atoms with Gasteiger partial charge in [-0.25, -0.2) is 4.79 Å². The van der Waals surface area contributed by atoms with Crippen molar-refractivity contribution in [2.45, 2.75) is 19.4 Å². The zero-order chi connectivity index (χ0) is 15.5. The monoisotopic (exact) mass is 305 g/mol. The van der Waals surface area contributed by atoms with Crippen molar-refractivity contribution in [2.24, 2.45) is 0 Å². The van der Waals surface area contributed by atoms with Gasteiger partial charge in [0.1, 0.15) is 6.10 Å². The van der Waals surface area contributed by atoms with Crippen LogP contribution >= 0.6 is 0 Å².